The lowest BCUT2D eigenvalue weighted by atomic mass is 10.1. The van der Waals surface area contributed by atoms with Crippen LogP contribution in [0.1, 0.15) is 5.56 Å². The Bertz CT molecular complexity index is 573. The number of nitrogens with zero attached hydrogens (tertiary/aromatic N) is 3. The number of anilines is 1. The molecular formula is C11H10N4O. The summed E-state index contributed by atoms with van der Waals surface area (Å²) in [6.45, 7) is 2.22. The van der Waals surface area contributed by atoms with Crippen molar-refractivity contribution in [3.63, 3.8) is 0 Å². The first kappa shape index (κ1) is 9.08. The molecule has 0 saturated carbocycles. The van der Waals surface area contributed by atoms with Crippen LogP contribution in [0.15, 0.2) is 24.5 Å². The third-order valence-corrected chi connectivity index (χ3v) is 2.60. The van der Waals surface area contributed by atoms with Crippen molar-refractivity contribution in [3.05, 3.63) is 30.1 Å². The van der Waals surface area contributed by atoms with Crippen molar-refractivity contribution in [1.29, 1.82) is 0 Å². The fraction of sp³-hybridized carbons (Fsp3) is 0.182. The molecular weight excluding hydrogens is 204 g/mol. The number of amides is 1. The maximum atomic E-state index is 11.6. The standard InChI is InChI=1S/C11H10N4O/c1-7-2-3-9-8(4-7)11-12-6-13-15(11)5-10(16)14-9/h2-4,6H,5H2,1H3,(H,14,16). The lowest BCUT2D eigenvalue weighted by Crippen LogP contribution is -2.17. The van der Waals surface area contributed by atoms with Crippen LogP contribution in [0.3, 0.4) is 0 Å². The van der Waals surface area contributed by atoms with E-state index in [0.717, 1.165) is 22.6 Å². The Kier molecular flexibility index (Phi) is 1.80. The molecule has 5 nitrogen and oxygen atoms in total. The normalized spacial score (nSPS) is 13.7. The highest BCUT2D eigenvalue weighted by Crippen LogP contribution is 2.29. The first-order valence-electron chi connectivity index (χ1n) is 5.03. The quantitative estimate of drug-likeness (QED) is 0.717. The zero-order valence-electron chi connectivity index (χ0n) is 8.77. The fourth-order valence-corrected chi connectivity index (χ4v) is 1.87. The minimum Gasteiger partial charge on any atom is -0.324 e. The molecule has 2 heterocycles. The molecule has 0 unspecified atom stereocenters. The van der Waals surface area contributed by atoms with E-state index >= 15 is 0 Å². The molecule has 0 fully saturated rings. The van der Waals surface area contributed by atoms with Gasteiger partial charge in [0.15, 0.2) is 5.82 Å². The van der Waals surface area contributed by atoms with Crippen molar-refractivity contribution in [2.24, 2.45) is 0 Å². The number of hydrogen-bond donors (Lipinski definition) is 1. The van der Waals surface area contributed by atoms with Gasteiger partial charge in [0.25, 0.3) is 0 Å². The summed E-state index contributed by atoms with van der Waals surface area (Å²) in [5.74, 6) is 0.659. The predicted octanol–water partition coefficient (Wildman–Crippen LogP) is 1.21. The van der Waals surface area contributed by atoms with E-state index in [1.54, 1.807) is 4.68 Å². The second kappa shape index (κ2) is 3.16. The topological polar surface area (TPSA) is 59.8 Å². The minimum absolute atomic E-state index is 0.0747. The maximum Gasteiger partial charge on any atom is 0.246 e. The SMILES string of the molecule is Cc1ccc2c(c1)-c1ncnn1CC(=O)N2. The molecule has 0 bridgehead atoms. The third kappa shape index (κ3) is 1.29. The molecule has 3 rings (SSSR count). The molecule has 0 spiro atoms. The summed E-state index contributed by atoms with van der Waals surface area (Å²) in [5.41, 5.74) is 2.84. The fourth-order valence-electron chi connectivity index (χ4n) is 1.87. The molecule has 1 amide bonds. The van der Waals surface area contributed by atoms with E-state index in [1.165, 1.54) is 6.33 Å². The van der Waals surface area contributed by atoms with Gasteiger partial charge in [-0.05, 0) is 19.1 Å². The van der Waals surface area contributed by atoms with Crippen molar-refractivity contribution < 1.29 is 4.79 Å². The van der Waals surface area contributed by atoms with Gasteiger partial charge in [0.2, 0.25) is 5.91 Å². The molecule has 1 aromatic carbocycles. The van der Waals surface area contributed by atoms with E-state index in [4.69, 9.17) is 0 Å². The van der Waals surface area contributed by atoms with Crippen molar-refractivity contribution in [2.45, 2.75) is 13.5 Å². The van der Waals surface area contributed by atoms with Gasteiger partial charge >= 0.3 is 0 Å². The zero-order chi connectivity index (χ0) is 11.1. The van der Waals surface area contributed by atoms with Gasteiger partial charge in [-0.2, -0.15) is 5.10 Å². The van der Waals surface area contributed by atoms with Crippen LogP contribution in [-0.4, -0.2) is 20.7 Å². The number of hydrogen-bond acceptors (Lipinski definition) is 3. The first-order chi connectivity index (χ1) is 7.74. The van der Waals surface area contributed by atoms with Crippen LogP contribution in [0.5, 0.6) is 0 Å². The number of rotatable bonds is 0. The average molecular weight is 214 g/mol. The van der Waals surface area contributed by atoms with Gasteiger partial charge < -0.3 is 5.32 Å². The smallest absolute Gasteiger partial charge is 0.246 e. The zero-order valence-corrected chi connectivity index (χ0v) is 8.77. The minimum atomic E-state index is -0.0747. The van der Waals surface area contributed by atoms with E-state index in [1.807, 2.05) is 25.1 Å². The van der Waals surface area contributed by atoms with Gasteiger partial charge in [0, 0.05) is 5.56 Å². The van der Waals surface area contributed by atoms with Gasteiger partial charge in [0.1, 0.15) is 12.9 Å². The second-order valence-corrected chi connectivity index (χ2v) is 3.84. The summed E-state index contributed by atoms with van der Waals surface area (Å²) in [5, 5.41) is 6.88. The van der Waals surface area contributed by atoms with Crippen LogP contribution in [0, 0.1) is 6.92 Å². The number of carbonyl (C=O) groups is 1. The molecule has 80 valence electrons. The Hall–Kier alpha value is -2.17. The van der Waals surface area contributed by atoms with Crippen molar-refractivity contribution in [1.82, 2.24) is 14.8 Å². The Balaban J connectivity index is 2.29. The third-order valence-electron chi connectivity index (χ3n) is 2.60. The molecule has 1 aromatic heterocycles. The summed E-state index contributed by atoms with van der Waals surface area (Å²) in [7, 11) is 0. The predicted molar refractivity (Wildman–Crippen MR) is 58.8 cm³/mol. The van der Waals surface area contributed by atoms with Crippen molar-refractivity contribution >= 4 is 11.6 Å². The Labute approximate surface area is 92.1 Å². The highest BCUT2D eigenvalue weighted by Gasteiger charge is 2.19. The van der Waals surface area contributed by atoms with E-state index < -0.39 is 0 Å². The molecule has 1 aliphatic rings. The summed E-state index contributed by atoms with van der Waals surface area (Å²) < 4.78 is 1.61. The molecule has 0 saturated heterocycles. The Morgan fingerprint density at radius 1 is 1.44 bits per heavy atom. The summed E-state index contributed by atoms with van der Waals surface area (Å²) >= 11 is 0. The number of fused-ring (bicyclic) bond motifs is 3. The largest absolute Gasteiger partial charge is 0.324 e. The highest BCUT2D eigenvalue weighted by molar-refractivity contribution is 5.96. The lowest BCUT2D eigenvalue weighted by Gasteiger charge is -2.05. The maximum absolute atomic E-state index is 11.6. The monoisotopic (exact) mass is 214 g/mol. The van der Waals surface area contributed by atoms with E-state index in [9.17, 15) is 4.79 Å². The van der Waals surface area contributed by atoms with Gasteiger partial charge in [-0.1, -0.05) is 11.6 Å². The number of nitrogens with one attached hydrogen (secondary N) is 1. The summed E-state index contributed by atoms with van der Waals surface area (Å²) in [6.07, 6.45) is 1.47. The van der Waals surface area contributed by atoms with Gasteiger partial charge in [0.05, 0.1) is 5.69 Å². The number of carbonyl (C=O) groups excluding carboxylic acids is 1. The molecule has 5 heteroatoms. The van der Waals surface area contributed by atoms with Crippen LogP contribution in [0.2, 0.25) is 0 Å². The van der Waals surface area contributed by atoms with Gasteiger partial charge in [-0.3, -0.25) is 4.79 Å². The van der Waals surface area contributed by atoms with Crippen LogP contribution in [0.4, 0.5) is 5.69 Å². The lowest BCUT2D eigenvalue weighted by molar-refractivity contribution is -0.116. The van der Waals surface area contributed by atoms with E-state index in [2.05, 4.69) is 15.4 Å². The summed E-state index contributed by atoms with van der Waals surface area (Å²) in [4.78, 5) is 15.8. The van der Waals surface area contributed by atoms with Crippen LogP contribution in [0.25, 0.3) is 11.4 Å². The molecule has 0 atom stereocenters. The van der Waals surface area contributed by atoms with Crippen molar-refractivity contribution in [3.8, 4) is 11.4 Å². The highest BCUT2D eigenvalue weighted by atomic mass is 16.2. The molecule has 1 aliphatic heterocycles. The van der Waals surface area contributed by atoms with Crippen LogP contribution < -0.4 is 5.32 Å². The Morgan fingerprint density at radius 3 is 3.19 bits per heavy atom. The number of aryl methyl sites for hydroxylation is 1. The number of benzene rings is 1. The average Bonchev–Trinajstić information content (AvgIpc) is 2.64. The molecule has 0 aliphatic carbocycles. The molecule has 16 heavy (non-hydrogen) atoms. The van der Waals surface area contributed by atoms with Crippen LogP contribution >= 0.6 is 0 Å². The Morgan fingerprint density at radius 2 is 2.31 bits per heavy atom. The van der Waals surface area contributed by atoms with E-state index in [-0.39, 0.29) is 12.5 Å². The first-order valence-corrected chi connectivity index (χ1v) is 5.03. The van der Waals surface area contributed by atoms with E-state index in [0.29, 0.717) is 0 Å². The molecule has 1 N–H and O–H groups in total. The second-order valence-electron chi connectivity index (χ2n) is 3.84. The molecule has 0 radical (unpaired) electrons. The number of aromatic nitrogens is 3. The van der Waals surface area contributed by atoms with Crippen LogP contribution in [-0.2, 0) is 11.3 Å². The van der Waals surface area contributed by atoms with Gasteiger partial charge in [-0.25, -0.2) is 9.67 Å². The summed E-state index contributed by atoms with van der Waals surface area (Å²) in [6, 6.07) is 5.86. The van der Waals surface area contributed by atoms with Gasteiger partial charge in [-0.15, -0.1) is 0 Å². The van der Waals surface area contributed by atoms with Crippen molar-refractivity contribution in [2.75, 3.05) is 5.32 Å². The molecule has 2 aromatic rings.